The first-order valence-corrected chi connectivity index (χ1v) is 4.56. The highest BCUT2D eigenvalue weighted by Gasteiger charge is 2.35. The van der Waals surface area contributed by atoms with E-state index in [0.29, 0.717) is 0 Å². The van der Waals surface area contributed by atoms with Crippen LogP contribution in [0.3, 0.4) is 0 Å². The van der Waals surface area contributed by atoms with Crippen molar-refractivity contribution in [2.45, 2.75) is 31.3 Å². The van der Waals surface area contributed by atoms with Gasteiger partial charge in [-0.3, -0.25) is 0 Å². The lowest BCUT2D eigenvalue weighted by atomic mass is 9.78. The molecule has 0 N–H and O–H groups in total. The molecule has 0 spiro atoms. The summed E-state index contributed by atoms with van der Waals surface area (Å²) in [7, 11) is 1.82. The van der Waals surface area contributed by atoms with Crippen LogP contribution in [0, 0.1) is 0 Å². The zero-order valence-corrected chi connectivity index (χ0v) is 7.41. The van der Waals surface area contributed by atoms with Gasteiger partial charge >= 0.3 is 0 Å². The van der Waals surface area contributed by atoms with Gasteiger partial charge in [0.25, 0.3) is 0 Å². The third kappa shape index (κ3) is 1.47. The Hall–Kier alpha value is 0.440. The Morgan fingerprint density at radius 1 is 1.56 bits per heavy atom. The molecule has 1 saturated carbocycles. The summed E-state index contributed by atoms with van der Waals surface area (Å²) in [6.07, 6.45) is 5.04. The molecule has 1 rings (SSSR count). The highest BCUT2D eigenvalue weighted by atomic mass is 79.9. The van der Waals surface area contributed by atoms with Crippen molar-refractivity contribution < 1.29 is 4.74 Å². The van der Waals surface area contributed by atoms with Crippen molar-refractivity contribution >= 4 is 15.9 Å². The van der Waals surface area contributed by atoms with E-state index in [1.165, 1.54) is 25.7 Å². The van der Waals surface area contributed by atoms with Crippen molar-refractivity contribution in [2.75, 3.05) is 12.4 Å². The molecule has 54 valence electrons. The monoisotopic (exact) mass is 192 g/mol. The van der Waals surface area contributed by atoms with Crippen LogP contribution in [0.15, 0.2) is 0 Å². The van der Waals surface area contributed by atoms with Crippen LogP contribution >= 0.6 is 15.9 Å². The maximum Gasteiger partial charge on any atom is 0.0686 e. The van der Waals surface area contributed by atoms with Crippen molar-refractivity contribution in [1.82, 2.24) is 0 Å². The van der Waals surface area contributed by atoms with Gasteiger partial charge in [-0.05, 0) is 25.7 Å². The summed E-state index contributed by atoms with van der Waals surface area (Å²) in [5.41, 5.74) is 0.267. The summed E-state index contributed by atoms with van der Waals surface area (Å²) in [5.74, 6) is 0. The molecule has 0 aliphatic heterocycles. The van der Waals surface area contributed by atoms with Crippen LogP contribution in [0.4, 0.5) is 0 Å². The number of hydrogen-bond donors (Lipinski definition) is 0. The molecular weight excluding hydrogens is 180 g/mol. The molecule has 1 aliphatic rings. The third-order valence-electron chi connectivity index (χ3n) is 2.25. The first kappa shape index (κ1) is 7.55. The highest BCUT2D eigenvalue weighted by molar-refractivity contribution is 9.09. The van der Waals surface area contributed by atoms with Crippen LogP contribution < -0.4 is 0 Å². The second-order valence-corrected chi connectivity index (χ2v) is 3.47. The van der Waals surface area contributed by atoms with Crippen molar-refractivity contribution in [1.29, 1.82) is 0 Å². The molecule has 0 aromatic rings. The Balaban J connectivity index is 2.28. The normalized spacial score (nSPS) is 23.3. The zero-order chi connectivity index (χ0) is 6.74. The molecule has 0 radical (unpaired) electrons. The summed E-state index contributed by atoms with van der Waals surface area (Å²) >= 11 is 3.42. The Bertz CT molecular complexity index is 83.4. The molecule has 0 atom stereocenters. The number of rotatable bonds is 3. The summed E-state index contributed by atoms with van der Waals surface area (Å²) in [5, 5.41) is 1.07. The predicted molar refractivity (Wildman–Crippen MR) is 42.0 cm³/mol. The van der Waals surface area contributed by atoms with E-state index in [9.17, 15) is 0 Å². The standard InChI is InChI=1S/C7H13BrO/c1-9-7(5-6-8)3-2-4-7/h2-6H2,1H3. The number of ether oxygens (including phenoxy) is 1. The molecule has 1 aliphatic carbocycles. The number of methoxy groups -OCH3 is 1. The summed E-state index contributed by atoms with van der Waals surface area (Å²) in [6.45, 7) is 0. The predicted octanol–water partition coefficient (Wildman–Crippen LogP) is 2.34. The van der Waals surface area contributed by atoms with Crippen molar-refractivity contribution in [2.24, 2.45) is 0 Å². The highest BCUT2D eigenvalue weighted by Crippen LogP contribution is 2.38. The van der Waals surface area contributed by atoms with Gasteiger partial charge in [0.2, 0.25) is 0 Å². The molecule has 0 saturated heterocycles. The molecule has 2 heteroatoms. The van der Waals surface area contributed by atoms with Crippen molar-refractivity contribution in [3.63, 3.8) is 0 Å². The smallest absolute Gasteiger partial charge is 0.0686 e. The Labute approximate surface area is 64.9 Å². The average Bonchev–Trinajstić information content (AvgIpc) is 1.79. The SMILES string of the molecule is COC1(CCBr)CCC1. The lowest BCUT2D eigenvalue weighted by Gasteiger charge is -2.40. The first-order chi connectivity index (χ1) is 4.33. The van der Waals surface area contributed by atoms with Crippen LogP contribution in [0.25, 0.3) is 0 Å². The molecule has 0 heterocycles. The topological polar surface area (TPSA) is 9.23 Å². The van der Waals surface area contributed by atoms with Crippen LogP contribution in [0.1, 0.15) is 25.7 Å². The fourth-order valence-electron chi connectivity index (χ4n) is 1.30. The van der Waals surface area contributed by atoms with E-state index < -0.39 is 0 Å². The lowest BCUT2D eigenvalue weighted by molar-refractivity contribution is -0.0728. The van der Waals surface area contributed by atoms with Crippen molar-refractivity contribution in [3.8, 4) is 0 Å². The summed E-state index contributed by atoms with van der Waals surface area (Å²) in [4.78, 5) is 0. The maximum absolute atomic E-state index is 5.38. The van der Waals surface area contributed by atoms with Crippen LogP contribution in [0.5, 0.6) is 0 Å². The molecule has 1 nitrogen and oxygen atoms in total. The van der Waals surface area contributed by atoms with E-state index in [2.05, 4.69) is 15.9 Å². The van der Waals surface area contributed by atoms with Gasteiger partial charge in [-0.1, -0.05) is 15.9 Å². The average molecular weight is 193 g/mol. The van der Waals surface area contributed by atoms with E-state index >= 15 is 0 Å². The molecule has 9 heavy (non-hydrogen) atoms. The first-order valence-electron chi connectivity index (χ1n) is 3.44. The van der Waals surface area contributed by atoms with Gasteiger partial charge in [0, 0.05) is 12.4 Å². The Morgan fingerprint density at radius 2 is 2.22 bits per heavy atom. The van der Waals surface area contributed by atoms with Gasteiger partial charge < -0.3 is 4.74 Å². The molecule has 0 amide bonds. The van der Waals surface area contributed by atoms with Gasteiger partial charge in [0.05, 0.1) is 5.60 Å². The van der Waals surface area contributed by atoms with E-state index in [1.807, 2.05) is 7.11 Å². The largest absolute Gasteiger partial charge is 0.378 e. The van der Waals surface area contributed by atoms with E-state index in [1.54, 1.807) is 0 Å². The van der Waals surface area contributed by atoms with Gasteiger partial charge in [0.15, 0.2) is 0 Å². The number of halogens is 1. The minimum absolute atomic E-state index is 0.267. The third-order valence-corrected chi connectivity index (χ3v) is 2.64. The second kappa shape index (κ2) is 3.02. The van der Waals surface area contributed by atoms with Crippen LogP contribution in [-0.4, -0.2) is 18.0 Å². The molecule has 0 aromatic heterocycles. The molecular formula is C7H13BrO. The lowest BCUT2D eigenvalue weighted by Crippen LogP contribution is -2.39. The van der Waals surface area contributed by atoms with Gasteiger partial charge in [-0.15, -0.1) is 0 Å². The van der Waals surface area contributed by atoms with Crippen LogP contribution in [0.2, 0.25) is 0 Å². The Morgan fingerprint density at radius 3 is 2.33 bits per heavy atom. The summed E-state index contributed by atoms with van der Waals surface area (Å²) in [6, 6.07) is 0. The maximum atomic E-state index is 5.38. The van der Waals surface area contributed by atoms with Crippen molar-refractivity contribution in [3.05, 3.63) is 0 Å². The Kier molecular flexibility index (Phi) is 2.53. The van der Waals surface area contributed by atoms with E-state index in [-0.39, 0.29) is 5.60 Å². The number of hydrogen-bond acceptors (Lipinski definition) is 1. The van der Waals surface area contributed by atoms with E-state index in [0.717, 1.165) is 5.33 Å². The van der Waals surface area contributed by atoms with E-state index in [4.69, 9.17) is 4.74 Å². The molecule has 0 aromatic carbocycles. The zero-order valence-electron chi connectivity index (χ0n) is 5.82. The fraction of sp³-hybridized carbons (Fsp3) is 1.00. The number of alkyl halides is 1. The second-order valence-electron chi connectivity index (χ2n) is 2.68. The minimum atomic E-state index is 0.267. The summed E-state index contributed by atoms with van der Waals surface area (Å²) < 4.78 is 5.38. The van der Waals surface area contributed by atoms with Gasteiger partial charge in [-0.25, -0.2) is 0 Å². The molecule has 1 fully saturated rings. The van der Waals surface area contributed by atoms with Crippen LogP contribution in [-0.2, 0) is 4.74 Å². The van der Waals surface area contributed by atoms with Gasteiger partial charge in [-0.2, -0.15) is 0 Å². The molecule has 0 bridgehead atoms. The quantitative estimate of drug-likeness (QED) is 0.625. The van der Waals surface area contributed by atoms with Gasteiger partial charge in [0.1, 0.15) is 0 Å². The minimum Gasteiger partial charge on any atom is -0.378 e. The fourth-order valence-corrected chi connectivity index (χ4v) is 2.02. The molecule has 0 unspecified atom stereocenters.